The van der Waals surface area contributed by atoms with Crippen LogP contribution in [0.1, 0.15) is 12.5 Å². The zero-order valence-corrected chi connectivity index (χ0v) is 8.76. The molecule has 0 spiro atoms. The molecule has 0 radical (unpaired) electrons. The van der Waals surface area contributed by atoms with Gasteiger partial charge in [0.2, 0.25) is 0 Å². The summed E-state index contributed by atoms with van der Waals surface area (Å²) in [5.41, 5.74) is 7.01. The van der Waals surface area contributed by atoms with E-state index in [2.05, 4.69) is 0 Å². The van der Waals surface area contributed by atoms with Crippen molar-refractivity contribution in [2.75, 3.05) is 25.0 Å². The molecule has 0 unspecified atom stereocenters. The Kier molecular flexibility index (Phi) is 3.89. The first kappa shape index (κ1) is 11.0. The van der Waals surface area contributed by atoms with Gasteiger partial charge in [-0.1, -0.05) is 6.07 Å². The highest BCUT2D eigenvalue weighted by Crippen LogP contribution is 2.19. The number of nitrogens with two attached hydrogens (primary N) is 1. The quantitative estimate of drug-likeness (QED) is 0.795. The third kappa shape index (κ3) is 2.45. The number of anilines is 1. The van der Waals surface area contributed by atoms with Crippen LogP contribution in [-0.4, -0.2) is 20.1 Å². The summed E-state index contributed by atoms with van der Waals surface area (Å²) < 4.78 is 13.5. The van der Waals surface area contributed by atoms with Crippen LogP contribution in [0.15, 0.2) is 18.2 Å². The van der Waals surface area contributed by atoms with E-state index in [4.69, 9.17) is 5.73 Å². The molecule has 1 aromatic rings. The number of benzene rings is 1. The zero-order valence-electron chi connectivity index (χ0n) is 8.76. The zero-order chi connectivity index (χ0) is 10.6. The molecule has 2 nitrogen and oxygen atoms in total. The highest BCUT2D eigenvalue weighted by Gasteiger charge is 2.06. The van der Waals surface area contributed by atoms with Gasteiger partial charge >= 0.3 is 0 Å². The third-order valence-corrected chi connectivity index (χ3v) is 2.33. The van der Waals surface area contributed by atoms with Gasteiger partial charge in [-0.3, -0.25) is 0 Å². The molecule has 0 amide bonds. The Bertz CT molecular complexity index is 299. The van der Waals surface area contributed by atoms with Crippen LogP contribution in [-0.2, 0) is 6.42 Å². The van der Waals surface area contributed by atoms with Gasteiger partial charge in [-0.2, -0.15) is 0 Å². The van der Waals surface area contributed by atoms with E-state index in [-0.39, 0.29) is 5.82 Å². The molecule has 2 N–H and O–H groups in total. The van der Waals surface area contributed by atoms with Gasteiger partial charge in [0.15, 0.2) is 0 Å². The maximum Gasteiger partial charge on any atom is 0.146 e. The molecule has 0 saturated heterocycles. The Balaban J connectivity index is 2.89. The van der Waals surface area contributed by atoms with E-state index < -0.39 is 0 Å². The van der Waals surface area contributed by atoms with Gasteiger partial charge < -0.3 is 10.6 Å². The molecule has 0 heterocycles. The average Bonchev–Trinajstić information content (AvgIpc) is 2.17. The highest BCUT2D eigenvalue weighted by molar-refractivity contribution is 5.48. The van der Waals surface area contributed by atoms with E-state index in [0.29, 0.717) is 12.2 Å². The standard InChI is InChI=1S/C11H17FN2/c1-3-14(2)11-5-4-9(6-7-13)8-10(11)12/h4-5,8H,3,6-7,13H2,1-2H3. The summed E-state index contributed by atoms with van der Waals surface area (Å²) in [6.45, 7) is 3.35. The third-order valence-electron chi connectivity index (χ3n) is 2.33. The largest absolute Gasteiger partial charge is 0.373 e. The lowest BCUT2D eigenvalue weighted by molar-refractivity contribution is 0.621. The topological polar surface area (TPSA) is 29.3 Å². The first-order valence-electron chi connectivity index (χ1n) is 4.88. The monoisotopic (exact) mass is 196 g/mol. The lowest BCUT2D eigenvalue weighted by Crippen LogP contribution is -2.17. The van der Waals surface area contributed by atoms with Crippen molar-refractivity contribution in [3.8, 4) is 0 Å². The smallest absolute Gasteiger partial charge is 0.146 e. The Hall–Kier alpha value is -1.09. The molecule has 0 aromatic heterocycles. The van der Waals surface area contributed by atoms with Crippen LogP contribution in [0.5, 0.6) is 0 Å². The Morgan fingerprint density at radius 1 is 1.43 bits per heavy atom. The van der Waals surface area contributed by atoms with Crippen molar-refractivity contribution in [3.63, 3.8) is 0 Å². The number of rotatable bonds is 4. The second-order valence-corrected chi connectivity index (χ2v) is 3.34. The normalized spacial score (nSPS) is 10.3. The van der Waals surface area contributed by atoms with Crippen LogP contribution in [0.25, 0.3) is 0 Å². The first-order chi connectivity index (χ1) is 6.69. The fourth-order valence-corrected chi connectivity index (χ4v) is 1.35. The molecule has 1 aromatic carbocycles. The van der Waals surface area contributed by atoms with E-state index in [1.807, 2.05) is 31.0 Å². The summed E-state index contributed by atoms with van der Waals surface area (Å²) in [6.07, 6.45) is 0.729. The molecule has 1 rings (SSSR count). The molecule has 0 fully saturated rings. The summed E-state index contributed by atoms with van der Waals surface area (Å²) in [5.74, 6) is -0.166. The Labute approximate surface area is 84.5 Å². The molecule has 0 saturated carbocycles. The van der Waals surface area contributed by atoms with Gasteiger partial charge in [-0.05, 0) is 37.6 Å². The lowest BCUT2D eigenvalue weighted by Gasteiger charge is -2.17. The van der Waals surface area contributed by atoms with E-state index >= 15 is 0 Å². The second-order valence-electron chi connectivity index (χ2n) is 3.34. The van der Waals surface area contributed by atoms with Crippen molar-refractivity contribution in [1.82, 2.24) is 0 Å². The molecule has 14 heavy (non-hydrogen) atoms. The molecule has 0 atom stereocenters. The predicted molar refractivity (Wildman–Crippen MR) is 58.1 cm³/mol. The fourth-order valence-electron chi connectivity index (χ4n) is 1.35. The van der Waals surface area contributed by atoms with E-state index in [1.54, 1.807) is 6.07 Å². The van der Waals surface area contributed by atoms with Crippen molar-refractivity contribution in [2.45, 2.75) is 13.3 Å². The number of hydrogen-bond donors (Lipinski definition) is 1. The summed E-state index contributed by atoms with van der Waals surface area (Å²) in [4.78, 5) is 1.88. The van der Waals surface area contributed by atoms with Crippen molar-refractivity contribution in [2.24, 2.45) is 5.73 Å². The second kappa shape index (κ2) is 4.96. The molecule has 0 aliphatic carbocycles. The minimum atomic E-state index is -0.166. The van der Waals surface area contributed by atoms with Gasteiger partial charge in [0.25, 0.3) is 0 Å². The van der Waals surface area contributed by atoms with Gasteiger partial charge in [-0.15, -0.1) is 0 Å². The van der Waals surface area contributed by atoms with Crippen molar-refractivity contribution in [1.29, 1.82) is 0 Å². The van der Waals surface area contributed by atoms with Gasteiger partial charge in [0.05, 0.1) is 5.69 Å². The van der Waals surface area contributed by atoms with Gasteiger partial charge in [0.1, 0.15) is 5.82 Å². The Morgan fingerprint density at radius 3 is 2.64 bits per heavy atom. The summed E-state index contributed by atoms with van der Waals surface area (Å²) in [5, 5.41) is 0. The lowest BCUT2D eigenvalue weighted by atomic mass is 10.1. The van der Waals surface area contributed by atoms with E-state index in [9.17, 15) is 4.39 Å². The van der Waals surface area contributed by atoms with Crippen LogP contribution in [0.3, 0.4) is 0 Å². The molecule has 0 aliphatic heterocycles. The molecular formula is C11H17FN2. The minimum absolute atomic E-state index is 0.166. The van der Waals surface area contributed by atoms with Gasteiger partial charge in [0, 0.05) is 13.6 Å². The highest BCUT2D eigenvalue weighted by atomic mass is 19.1. The van der Waals surface area contributed by atoms with E-state index in [0.717, 1.165) is 18.5 Å². The van der Waals surface area contributed by atoms with E-state index in [1.165, 1.54) is 0 Å². The predicted octanol–water partition coefficient (Wildman–Crippen LogP) is 1.78. The summed E-state index contributed by atoms with van der Waals surface area (Å²) >= 11 is 0. The maximum atomic E-state index is 13.5. The van der Waals surface area contributed by atoms with Crippen LogP contribution < -0.4 is 10.6 Å². The molecule has 78 valence electrons. The first-order valence-corrected chi connectivity index (χ1v) is 4.88. The minimum Gasteiger partial charge on any atom is -0.373 e. The summed E-state index contributed by atoms with van der Waals surface area (Å²) in [6, 6.07) is 5.30. The van der Waals surface area contributed by atoms with Gasteiger partial charge in [-0.25, -0.2) is 4.39 Å². The number of nitrogens with zero attached hydrogens (tertiary/aromatic N) is 1. The molecule has 0 bridgehead atoms. The molecular weight excluding hydrogens is 179 g/mol. The SMILES string of the molecule is CCN(C)c1ccc(CCN)cc1F. The van der Waals surface area contributed by atoms with Crippen molar-refractivity contribution in [3.05, 3.63) is 29.6 Å². The average molecular weight is 196 g/mol. The molecule has 3 heteroatoms. The van der Waals surface area contributed by atoms with Crippen LogP contribution in [0.4, 0.5) is 10.1 Å². The van der Waals surface area contributed by atoms with Crippen LogP contribution >= 0.6 is 0 Å². The number of hydrogen-bond acceptors (Lipinski definition) is 2. The fraction of sp³-hybridized carbons (Fsp3) is 0.455. The Morgan fingerprint density at radius 2 is 2.14 bits per heavy atom. The van der Waals surface area contributed by atoms with Crippen molar-refractivity contribution < 1.29 is 4.39 Å². The van der Waals surface area contributed by atoms with Crippen LogP contribution in [0.2, 0.25) is 0 Å². The van der Waals surface area contributed by atoms with Crippen LogP contribution in [0, 0.1) is 5.82 Å². The maximum absolute atomic E-state index is 13.5. The van der Waals surface area contributed by atoms with Crippen molar-refractivity contribution >= 4 is 5.69 Å². The summed E-state index contributed by atoms with van der Waals surface area (Å²) in [7, 11) is 1.88. The number of halogens is 1. The molecule has 0 aliphatic rings.